The number of hydrogen-bond donors (Lipinski definition) is 0. The Kier molecular flexibility index (Phi) is 5.40. The van der Waals surface area contributed by atoms with Crippen molar-refractivity contribution in [2.75, 3.05) is 41.5 Å². The van der Waals surface area contributed by atoms with Crippen LogP contribution in [0, 0.1) is 0 Å². The van der Waals surface area contributed by atoms with Crippen LogP contribution in [0.5, 0.6) is 17.2 Å². The topological polar surface area (TPSA) is 49.4 Å². The van der Waals surface area contributed by atoms with Gasteiger partial charge in [0.1, 0.15) is 11.9 Å². The summed E-state index contributed by atoms with van der Waals surface area (Å²) in [5.74, 6) is 1.65. The molecule has 6 heteroatoms. The van der Waals surface area contributed by atoms with Crippen LogP contribution in [0.1, 0.15) is 30.1 Å². The summed E-state index contributed by atoms with van der Waals surface area (Å²) >= 11 is 0. The third-order valence-corrected chi connectivity index (χ3v) is 7.35. The van der Waals surface area contributed by atoms with Crippen LogP contribution in [0.15, 0.2) is 54.6 Å². The Morgan fingerprint density at radius 1 is 0.938 bits per heavy atom. The smallest absolute Gasteiger partial charge is 0.190 e. The molecule has 5 rings (SSSR count). The molecule has 2 aliphatic heterocycles. The molecule has 32 heavy (non-hydrogen) atoms. The Morgan fingerprint density at radius 2 is 1.72 bits per heavy atom. The summed E-state index contributed by atoms with van der Waals surface area (Å²) in [5, 5.41) is 0. The van der Waals surface area contributed by atoms with Gasteiger partial charge in [-0.15, -0.1) is 0 Å². The molecule has 2 fully saturated rings. The lowest BCUT2D eigenvalue weighted by Crippen LogP contribution is -2.49. The predicted molar refractivity (Wildman–Crippen MR) is 122 cm³/mol. The van der Waals surface area contributed by atoms with Gasteiger partial charge in [0, 0.05) is 17.9 Å². The molecule has 1 spiro atoms. The minimum atomic E-state index is -0.700. The lowest BCUT2D eigenvalue weighted by atomic mass is 9.68. The quantitative estimate of drug-likeness (QED) is 0.657. The number of likely N-dealkylation sites (N-methyl/N-ethyl adjacent to an activating group) is 1. The fourth-order valence-electron chi connectivity index (χ4n) is 5.48. The summed E-state index contributed by atoms with van der Waals surface area (Å²) in [6.07, 6.45) is 6.18. The molecule has 4 atom stereocenters. The van der Waals surface area contributed by atoms with Gasteiger partial charge in [0.2, 0.25) is 0 Å². The van der Waals surface area contributed by atoms with Gasteiger partial charge >= 0.3 is 0 Å². The van der Waals surface area contributed by atoms with Gasteiger partial charge in [-0.3, -0.25) is 0 Å². The van der Waals surface area contributed by atoms with Crippen molar-refractivity contribution in [1.29, 1.82) is 0 Å². The molecule has 0 radical (unpaired) electrons. The van der Waals surface area contributed by atoms with Crippen LogP contribution in [-0.4, -0.2) is 58.3 Å². The second kappa shape index (κ2) is 8.10. The van der Waals surface area contributed by atoms with Crippen molar-refractivity contribution in [3.63, 3.8) is 0 Å². The van der Waals surface area contributed by atoms with Gasteiger partial charge < -0.3 is 28.6 Å². The number of rotatable bonds is 5. The van der Waals surface area contributed by atoms with E-state index in [1.807, 2.05) is 30.3 Å². The van der Waals surface area contributed by atoms with Crippen molar-refractivity contribution in [1.82, 2.24) is 4.90 Å². The van der Waals surface area contributed by atoms with E-state index in [-0.39, 0.29) is 17.6 Å². The Labute approximate surface area is 189 Å². The van der Waals surface area contributed by atoms with Crippen LogP contribution in [0.3, 0.4) is 0 Å². The molecule has 3 aliphatic rings. The molecule has 2 aromatic carbocycles. The van der Waals surface area contributed by atoms with Gasteiger partial charge in [0.15, 0.2) is 17.3 Å². The molecule has 2 heterocycles. The van der Waals surface area contributed by atoms with Gasteiger partial charge in [-0.2, -0.15) is 0 Å². The average molecular weight is 438 g/mol. The zero-order valence-electron chi connectivity index (χ0n) is 19.2. The number of nitrogens with zero attached hydrogens (tertiary/aromatic N) is 1. The van der Waals surface area contributed by atoms with E-state index in [0.29, 0.717) is 6.61 Å². The molecule has 2 aromatic rings. The lowest BCUT2D eigenvalue weighted by Gasteiger charge is -2.43. The summed E-state index contributed by atoms with van der Waals surface area (Å²) in [5.41, 5.74) is 2.23. The van der Waals surface area contributed by atoms with E-state index < -0.39 is 5.79 Å². The highest BCUT2D eigenvalue weighted by Crippen LogP contribution is 2.52. The Balaban J connectivity index is 1.44. The lowest BCUT2D eigenvalue weighted by molar-refractivity contribution is -0.150. The second-order valence-corrected chi connectivity index (χ2v) is 8.90. The Bertz CT molecular complexity index is 1010. The zero-order valence-corrected chi connectivity index (χ0v) is 19.2. The molecule has 2 saturated heterocycles. The van der Waals surface area contributed by atoms with E-state index in [9.17, 15) is 0 Å². The molecule has 170 valence electrons. The van der Waals surface area contributed by atoms with Crippen LogP contribution in [-0.2, 0) is 14.9 Å². The fourth-order valence-corrected chi connectivity index (χ4v) is 5.48. The SMILES string of the molecule is COc1ccc(C2COC3(C=CC4(c5ccc(OC)c(OC)c5)CCN(C)C4C3)O2)cc1. The Hall–Kier alpha value is -2.54. The number of hydrogen-bond acceptors (Lipinski definition) is 6. The van der Waals surface area contributed by atoms with E-state index in [1.54, 1.807) is 21.3 Å². The first-order valence-electron chi connectivity index (χ1n) is 11.1. The second-order valence-electron chi connectivity index (χ2n) is 8.90. The summed E-state index contributed by atoms with van der Waals surface area (Å²) in [7, 11) is 7.22. The first-order valence-corrected chi connectivity index (χ1v) is 11.1. The van der Waals surface area contributed by atoms with Crippen molar-refractivity contribution in [2.24, 2.45) is 0 Å². The molecule has 0 aromatic heterocycles. The summed E-state index contributed by atoms with van der Waals surface area (Å²) in [4.78, 5) is 2.43. The molecule has 0 amide bonds. The molecule has 0 bridgehead atoms. The molecular formula is C26H31NO5. The maximum absolute atomic E-state index is 6.55. The predicted octanol–water partition coefficient (Wildman–Crippen LogP) is 4.10. The van der Waals surface area contributed by atoms with Gasteiger partial charge in [-0.05, 0) is 61.5 Å². The first kappa shape index (κ1) is 21.3. The summed E-state index contributed by atoms with van der Waals surface area (Å²) < 4.78 is 29.2. The zero-order chi connectivity index (χ0) is 22.3. The molecule has 1 aliphatic carbocycles. The van der Waals surface area contributed by atoms with Crippen molar-refractivity contribution >= 4 is 0 Å². The molecule has 4 unspecified atom stereocenters. The first-order chi connectivity index (χ1) is 15.5. The van der Waals surface area contributed by atoms with Crippen LogP contribution in [0.4, 0.5) is 0 Å². The van der Waals surface area contributed by atoms with Crippen molar-refractivity contribution in [2.45, 2.75) is 36.2 Å². The van der Waals surface area contributed by atoms with Crippen LogP contribution in [0.25, 0.3) is 0 Å². The highest BCUT2D eigenvalue weighted by molar-refractivity contribution is 5.49. The van der Waals surface area contributed by atoms with E-state index in [1.165, 1.54) is 5.56 Å². The maximum atomic E-state index is 6.55. The third-order valence-electron chi connectivity index (χ3n) is 7.35. The Morgan fingerprint density at radius 3 is 2.44 bits per heavy atom. The molecule has 6 nitrogen and oxygen atoms in total. The van der Waals surface area contributed by atoms with E-state index in [2.05, 4.69) is 36.2 Å². The fraction of sp³-hybridized carbons (Fsp3) is 0.462. The summed E-state index contributed by atoms with van der Waals surface area (Å²) in [6.45, 7) is 1.55. The summed E-state index contributed by atoms with van der Waals surface area (Å²) in [6, 6.07) is 14.6. The van der Waals surface area contributed by atoms with Crippen LogP contribution < -0.4 is 14.2 Å². The third kappa shape index (κ3) is 3.38. The van der Waals surface area contributed by atoms with Gasteiger partial charge in [-0.1, -0.05) is 24.3 Å². The van der Waals surface area contributed by atoms with Crippen molar-refractivity contribution in [3.05, 3.63) is 65.7 Å². The standard InChI is InChI=1S/C26H31NO5/c1-27-14-13-25(19-7-10-21(29-3)22(15-19)30-4)11-12-26(16-24(25)27)31-17-23(32-26)18-5-8-20(28-2)9-6-18/h5-12,15,23-24H,13-14,16-17H2,1-4H3. The van der Waals surface area contributed by atoms with Gasteiger partial charge in [0.05, 0.1) is 27.9 Å². The number of benzene rings is 2. The monoisotopic (exact) mass is 437 g/mol. The molecule has 0 N–H and O–H groups in total. The maximum Gasteiger partial charge on any atom is 0.190 e. The highest BCUT2D eigenvalue weighted by Gasteiger charge is 2.55. The van der Waals surface area contributed by atoms with Crippen molar-refractivity contribution < 1.29 is 23.7 Å². The molecular weight excluding hydrogens is 406 g/mol. The number of likely N-dealkylation sites (tertiary alicyclic amines) is 1. The number of fused-ring (bicyclic) bond motifs is 1. The van der Waals surface area contributed by atoms with E-state index in [4.69, 9.17) is 23.7 Å². The average Bonchev–Trinajstić information content (AvgIpc) is 3.41. The van der Waals surface area contributed by atoms with E-state index in [0.717, 1.165) is 42.2 Å². The molecule has 0 saturated carbocycles. The largest absolute Gasteiger partial charge is 0.497 e. The van der Waals surface area contributed by atoms with Crippen LogP contribution in [0.2, 0.25) is 0 Å². The number of methoxy groups -OCH3 is 3. The van der Waals surface area contributed by atoms with Crippen molar-refractivity contribution in [3.8, 4) is 17.2 Å². The van der Waals surface area contributed by atoms with Crippen LogP contribution >= 0.6 is 0 Å². The normalized spacial score (nSPS) is 31.6. The van der Waals surface area contributed by atoms with E-state index >= 15 is 0 Å². The minimum Gasteiger partial charge on any atom is -0.497 e. The van der Waals surface area contributed by atoms with Gasteiger partial charge in [-0.25, -0.2) is 0 Å². The van der Waals surface area contributed by atoms with Gasteiger partial charge in [0.25, 0.3) is 0 Å². The number of ether oxygens (including phenoxy) is 5. The minimum absolute atomic E-state index is 0.0918. The highest BCUT2D eigenvalue weighted by atomic mass is 16.7.